The van der Waals surface area contributed by atoms with E-state index >= 15 is 0 Å². The summed E-state index contributed by atoms with van der Waals surface area (Å²) >= 11 is 0. The quantitative estimate of drug-likeness (QED) is 0.0166. The molecule has 716 valence electrons. The van der Waals surface area contributed by atoms with E-state index in [2.05, 4.69) is 120 Å². The Kier molecular flexibility index (Phi) is 96.3. The molecule has 1 aromatic carbocycles. The summed E-state index contributed by atoms with van der Waals surface area (Å²) in [5.41, 5.74) is 0.853. The van der Waals surface area contributed by atoms with Crippen LogP contribution in [0.3, 0.4) is 0 Å². The van der Waals surface area contributed by atoms with E-state index in [1.807, 2.05) is 42.5 Å². The summed E-state index contributed by atoms with van der Waals surface area (Å²) < 4.78 is 17.8. The van der Waals surface area contributed by atoms with Gasteiger partial charge < -0.3 is 74.7 Å². The summed E-state index contributed by atoms with van der Waals surface area (Å²) in [6.45, 7) is 15.5. The summed E-state index contributed by atoms with van der Waals surface area (Å²) in [6.07, 6.45) is 83.9. The lowest BCUT2D eigenvalue weighted by molar-refractivity contribution is -0.121. The molecule has 9 N–H and O–H groups in total. The van der Waals surface area contributed by atoms with Gasteiger partial charge in [0.05, 0.1) is 37.1 Å². The number of aliphatic hydroxyl groups excluding tert-OH is 9. The zero-order valence-electron chi connectivity index (χ0n) is 79.9. The van der Waals surface area contributed by atoms with Crippen LogP contribution in [0.2, 0.25) is 0 Å². The van der Waals surface area contributed by atoms with Crippen LogP contribution in [0.25, 0.3) is 0 Å². The molecule has 17 nitrogen and oxygen atoms in total. The number of aliphatic hydroxyl groups is 9. The van der Waals surface area contributed by atoms with E-state index in [4.69, 9.17) is 30.4 Å². The van der Waals surface area contributed by atoms with Crippen LogP contribution in [0.4, 0.5) is 4.39 Å². The number of ether oxygens (including phenoxy) is 1. The highest BCUT2D eigenvalue weighted by Gasteiger charge is 2.23. The van der Waals surface area contributed by atoms with Crippen molar-refractivity contribution in [2.75, 3.05) is 13.2 Å². The fourth-order valence-electron chi connectivity index (χ4n) is 9.61. The highest BCUT2D eigenvalue weighted by molar-refractivity contribution is 5.77. The number of ketones is 7. The van der Waals surface area contributed by atoms with E-state index in [9.17, 15) is 83.9 Å². The molecular weight excluding hydrogens is 1670 g/mol. The second kappa shape index (κ2) is 99.0. The summed E-state index contributed by atoms with van der Waals surface area (Å²) in [5, 5.41) is 85.6. The number of unbranched alkanes of at least 4 members (excludes halogenated alkanes) is 4. The minimum Gasteiger partial charge on any atom is -0.389 e. The number of benzene rings is 1. The van der Waals surface area contributed by atoms with Crippen molar-refractivity contribution >= 4 is 40.5 Å². The number of Topliss-reactive ketones (excluding diaryl/α,β-unsaturated/α-hetero) is 7. The summed E-state index contributed by atoms with van der Waals surface area (Å²) in [5.74, 6) is 50.7. The second-order valence-corrected chi connectivity index (χ2v) is 30.7. The summed E-state index contributed by atoms with van der Waals surface area (Å²) in [6, 6.07) is 6.01. The summed E-state index contributed by atoms with van der Waals surface area (Å²) in [4.78, 5) is 74.7. The molecule has 0 aromatic heterocycles. The summed E-state index contributed by atoms with van der Waals surface area (Å²) in [7, 11) is 0. The van der Waals surface area contributed by atoms with Crippen molar-refractivity contribution in [3.63, 3.8) is 0 Å². The van der Waals surface area contributed by atoms with Gasteiger partial charge in [0.1, 0.15) is 71.5 Å². The van der Waals surface area contributed by atoms with Gasteiger partial charge in [-0.2, -0.15) is 0 Å². The predicted octanol–water partition coefficient (Wildman–Crippen LogP) is 17.6. The van der Waals surface area contributed by atoms with Crippen LogP contribution in [-0.4, -0.2) is 155 Å². The molecule has 2 rings (SSSR count). The van der Waals surface area contributed by atoms with Crippen molar-refractivity contribution in [3.8, 4) is 132 Å². The van der Waals surface area contributed by atoms with Crippen molar-refractivity contribution in [2.24, 2.45) is 11.8 Å². The molecule has 1 fully saturated rings. The molecule has 0 amide bonds. The van der Waals surface area contributed by atoms with Crippen LogP contribution in [0.5, 0.6) is 0 Å². The number of rotatable bonds is 50. The van der Waals surface area contributed by atoms with Crippen LogP contribution < -0.4 is 0 Å². The normalized spacial score (nSPS) is 13.4. The number of allylic oxidation sites excluding steroid dienone is 23. The second-order valence-electron chi connectivity index (χ2n) is 30.7. The first-order valence-electron chi connectivity index (χ1n) is 45.2. The Morgan fingerprint density at radius 2 is 0.707 bits per heavy atom. The van der Waals surface area contributed by atoms with Crippen molar-refractivity contribution < 1.29 is 88.6 Å². The number of halogens is 1. The average molecular weight is 1820 g/mol. The highest BCUT2D eigenvalue weighted by Crippen LogP contribution is 2.33. The first-order valence-corrected chi connectivity index (χ1v) is 45.2. The zero-order valence-corrected chi connectivity index (χ0v) is 79.9. The lowest BCUT2D eigenvalue weighted by atomic mass is 10.1. The van der Waals surface area contributed by atoms with Gasteiger partial charge in [-0.05, 0) is 210 Å². The molecule has 1 aliphatic rings. The van der Waals surface area contributed by atoms with Gasteiger partial charge in [-0.3, -0.25) is 9.59 Å². The van der Waals surface area contributed by atoms with Crippen LogP contribution in [0.15, 0.2) is 194 Å². The third kappa shape index (κ3) is 120. The smallest absolute Gasteiger partial charge is 0.155 e. The number of hydrogen-bond acceptors (Lipinski definition) is 17. The lowest BCUT2D eigenvalue weighted by Gasteiger charge is -2.06. The van der Waals surface area contributed by atoms with Gasteiger partial charge in [0, 0.05) is 89.9 Å². The van der Waals surface area contributed by atoms with Gasteiger partial charge >= 0.3 is 0 Å². The molecule has 1 aliphatic carbocycles. The van der Waals surface area contributed by atoms with E-state index in [1.54, 1.807) is 174 Å². The number of hydrogen-bond donors (Lipinski definition) is 9. The van der Waals surface area contributed by atoms with Crippen molar-refractivity contribution in [3.05, 3.63) is 206 Å². The van der Waals surface area contributed by atoms with Gasteiger partial charge in [-0.1, -0.05) is 249 Å². The predicted molar refractivity (Wildman–Crippen MR) is 540 cm³/mol. The molecule has 0 spiro atoms. The molecule has 0 bridgehead atoms. The van der Waals surface area contributed by atoms with Gasteiger partial charge in [-0.25, -0.2) is 4.39 Å². The van der Waals surface area contributed by atoms with Crippen LogP contribution in [0, 0.1) is 150 Å². The third-order valence-corrected chi connectivity index (χ3v) is 16.6. The first-order chi connectivity index (χ1) is 63.7. The Balaban J connectivity index is -0.000000481. The molecule has 1 aromatic rings. The Labute approximate surface area is 797 Å². The molecule has 0 radical (unpaired) electrons. The largest absolute Gasteiger partial charge is 0.389 e. The monoisotopic (exact) mass is 1820 g/mol. The Hall–Kier alpha value is -12.0. The minimum atomic E-state index is -0.734. The average Bonchev–Trinajstić information content (AvgIpc) is 1.83. The number of carbonyl (C=O) groups is 7. The van der Waals surface area contributed by atoms with Crippen molar-refractivity contribution in [2.45, 2.75) is 310 Å². The van der Waals surface area contributed by atoms with Crippen LogP contribution >= 0.6 is 0 Å². The van der Waals surface area contributed by atoms with Crippen LogP contribution in [0.1, 0.15) is 254 Å². The van der Waals surface area contributed by atoms with Crippen LogP contribution in [-0.2, 0) is 44.7 Å². The maximum absolute atomic E-state index is 12.8. The minimum absolute atomic E-state index is 0.0125. The van der Waals surface area contributed by atoms with E-state index in [0.29, 0.717) is 140 Å². The van der Waals surface area contributed by atoms with E-state index in [-0.39, 0.29) is 59.0 Å². The topological polar surface area (TPSA) is 311 Å². The standard InChI is InChI=1S/C20H23FO3.C17H24O3.C17H26O3.C16H20O2.C16H20O.C15H18O3.C14H16O2/c1-16(22)7-6-10-19(23)8-4-2-3-5-9-20(24)15-17-11-13-18(21)14-12-17;1-14(18)7-6-10-16(19)8-4-2-3-5-9-17(20)13-15-11-12-15;1-14(2)13-17(20)11-7-5-4-6-10-16(19)12-8-9-15(3)18;1-3-4-5-6-7-8-9-10-13-16(18)14-11-12-15(2)17;1-3-4-5-6-7-8-9-10-11-12-13-14-15-16(2)17;1-3-10-15(17)11-8-6-4-5-7-9-12-18-13-14(2)16;1-3-10-14(16)12-9-7-5-4-6-8-11-13(2)15/h2-3,5,9,11-14,19-20,23-24H,6-7,10,15H2,1H3;2-3,5,9,15-17,19-20H,6-7,10-13H2,1H3;4-5,7,11,14,16-17,19-20H,8-9,12-13H2,1-3H3;1,6-9,16,18H,4-5,11-12,14H2,2H3;1,6-9H,4-5,12-15H2,2H3;1,4,6,8,11,15,17H,9-10,12-13H2,2H3;1,5,7,9,12,14,16H,8,10-11H2,2H3/b2*3-2+,9-5+;5-4+,11-7+;2*7-6+,9-8+;6-4+,11-8+;7-5+,12-9+/t19-,20+;2*16-,17+;16-;;15-;14-/m1111.11/s1. The van der Waals surface area contributed by atoms with Gasteiger partial charge in [0.2, 0.25) is 0 Å². The van der Waals surface area contributed by atoms with E-state index in [0.717, 1.165) is 63.4 Å². The van der Waals surface area contributed by atoms with Gasteiger partial charge in [0.15, 0.2) is 5.78 Å². The molecule has 0 saturated heterocycles. The van der Waals surface area contributed by atoms with Crippen molar-refractivity contribution in [1.82, 2.24) is 0 Å². The SMILES string of the molecule is C#CCC/C=C/C=C/C#CCCCCC(C)=O.C#CCC/C=C/C=C/C#C[C@@H](O)CCCC(C)=O.C#CC[C@@H](O)/C=C/C=C/C#CCCC(C)=O.C#CC[C@@H](O)/C=C/C=C/C#CCCOCC(C)=O.CC(=O)CCC[C@H](O)C#C/C=C/C=C/[C@H](O)CC(C)C.CC(=O)CCC[C@H](O)C#C/C=C/C=C/[C@H](O)CC1CC1.CC(=O)CCC[C@H](O)C#C/C=C/C=C/[C@H](O)Cc1ccc(F)cc1. The fraction of sp³-hybridized carbons (Fsp3) is 0.452. The number of carbonyl (C=O) groups excluding carboxylic acids is 7. The Morgan fingerprint density at radius 1 is 0.376 bits per heavy atom. The third-order valence-electron chi connectivity index (χ3n) is 16.6. The molecular formula is C115H147FO17. The van der Waals surface area contributed by atoms with Gasteiger partial charge in [0.25, 0.3) is 0 Å². The molecule has 18 heteroatoms. The maximum Gasteiger partial charge on any atom is 0.155 e. The zero-order chi connectivity index (χ0) is 100. The fourth-order valence-corrected chi connectivity index (χ4v) is 9.61. The molecule has 0 heterocycles. The molecule has 133 heavy (non-hydrogen) atoms. The highest BCUT2D eigenvalue weighted by atomic mass is 19.1. The Bertz CT molecular complexity index is 4430. The first kappa shape index (κ1) is 129. The molecule has 9 atom stereocenters. The molecule has 1 saturated carbocycles. The van der Waals surface area contributed by atoms with Gasteiger partial charge in [-0.15, -0.1) is 49.4 Å². The molecule has 0 unspecified atom stereocenters. The molecule has 0 aliphatic heterocycles. The maximum atomic E-state index is 12.8. The van der Waals surface area contributed by atoms with Crippen molar-refractivity contribution in [1.29, 1.82) is 0 Å². The Morgan fingerprint density at radius 3 is 1.05 bits per heavy atom. The van der Waals surface area contributed by atoms with E-state index < -0.39 is 48.8 Å². The van der Waals surface area contributed by atoms with E-state index in [1.165, 1.54) is 38.8 Å². The lowest BCUT2D eigenvalue weighted by Crippen LogP contribution is -2.06. The number of terminal acetylenes is 4.